The first kappa shape index (κ1) is 16.5. The number of benzene rings is 1. The van der Waals surface area contributed by atoms with Crippen LogP contribution in [0, 0.1) is 0 Å². The average molecular weight is 327 g/mol. The molecule has 6 heteroatoms. The Morgan fingerprint density at radius 1 is 1.29 bits per heavy atom. The van der Waals surface area contributed by atoms with Gasteiger partial charge in [-0.25, -0.2) is 0 Å². The fraction of sp³-hybridized carbons (Fsp3) is 0.444. The predicted octanol–water partition coefficient (Wildman–Crippen LogP) is 2.00. The molecule has 1 aliphatic rings. The molecular formula is C18H25N5O. The summed E-state index contributed by atoms with van der Waals surface area (Å²) in [4.78, 5) is 6.82. The van der Waals surface area contributed by atoms with Gasteiger partial charge in [-0.1, -0.05) is 35.5 Å². The molecule has 1 saturated heterocycles. The molecule has 24 heavy (non-hydrogen) atoms. The molecule has 1 fully saturated rings. The third-order valence-electron chi connectivity index (χ3n) is 4.38. The van der Waals surface area contributed by atoms with Crippen LogP contribution < -0.4 is 10.6 Å². The van der Waals surface area contributed by atoms with Gasteiger partial charge in [-0.2, -0.15) is 0 Å². The van der Waals surface area contributed by atoms with Crippen molar-refractivity contribution in [1.82, 2.24) is 20.7 Å². The molecule has 2 N–H and O–H groups in total. The molecule has 0 saturated carbocycles. The number of guanidine groups is 1. The normalized spacial score (nSPS) is 18.7. The smallest absolute Gasteiger partial charge is 0.191 e. The number of hydrogen-bond donors (Lipinski definition) is 2. The van der Waals surface area contributed by atoms with E-state index in [1.165, 1.54) is 18.4 Å². The first-order valence-corrected chi connectivity index (χ1v) is 8.47. The molecule has 2 aromatic rings. The lowest BCUT2D eigenvalue weighted by Crippen LogP contribution is -2.44. The second-order valence-electron chi connectivity index (χ2n) is 6.05. The minimum Gasteiger partial charge on any atom is -0.364 e. The van der Waals surface area contributed by atoms with Gasteiger partial charge in [0, 0.05) is 32.2 Å². The zero-order valence-corrected chi connectivity index (χ0v) is 14.1. The second kappa shape index (κ2) is 8.49. The van der Waals surface area contributed by atoms with Gasteiger partial charge in [0.05, 0.1) is 6.54 Å². The van der Waals surface area contributed by atoms with Crippen molar-refractivity contribution in [3.8, 4) is 0 Å². The summed E-state index contributed by atoms with van der Waals surface area (Å²) in [5.41, 5.74) is 2.24. The number of aliphatic imine (C=N–C) groups is 1. The zero-order chi connectivity index (χ0) is 16.6. The van der Waals surface area contributed by atoms with Gasteiger partial charge in [0.15, 0.2) is 5.96 Å². The topological polar surface area (TPSA) is 65.7 Å². The molecule has 1 aromatic carbocycles. The van der Waals surface area contributed by atoms with Crippen LogP contribution >= 0.6 is 0 Å². The summed E-state index contributed by atoms with van der Waals surface area (Å²) in [6.45, 7) is 3.67. The van der Waals surface area contributed by atoms with Crippen LogP contribution in [0.15, 0.2) is 52.2 Å². The number of rotatable bonds is 6. The highest BCUT2D eigenvalue weighted by molar-refractivity contribution is 5.79. The molecule has 1 atom stereocenters. The van der Waals surface area contributed by atoms with Crippen molar-refractivity contribution in [1.29, 1.82) is 0 Å². The Kier molecular flexibility index (Phi) is 5.85. The minimum absolute atomic E-state index is 0.538. The maximum Gasteiger partial charge on any atom is 0.191 e. The molecule has 0 bridgehead atoms. The highest BCUT2D eigenvalue weighted by Crippen LogP contribution is 2.19. The monoisotopic (exact) mass is 327 g/mol. The molecule has 1 unspecified atom stereocenters. The van der Waals surface area contributed by atoms with Gasteiger partial charge in [-0.05, 0) is 24.9 Å². The van der Waals surface area contributed by atoms with E-state index in [9.17, 15) is 0 Å². The molecule has 0 aliphatic carbocycles. The molecule has 6 nitrogen and oxygen atoms in total. The summed E-state index contributed by atoms with van der Waals surface area (Å²) in [6, 6.07) is 13.1. The number of likely N-dealkylation sites (tertiary alicyclic amines) is 1. The van der Waals surface area contributed by atoms with E-state index in [1.54, 1.807) is 13.3 Å². The molecule has 2 heterocycles. The Morgan fingerprint density at radius 2 is 2.17 bits per heavy atom. The van der Waals surface area contributed by atoms with Gasteiger partial charge in [0.1, 0.15) is 12.0 Å². The third-order valence-corrected chi connectivity index (χ3v) is 4.38. The van der Waals surface area contributed by atoms with E-state index in [-0.39, 0.29) is 0 Å². The zero-order valence-electron chi connectivity index (χ0n) is 14.1. The lowest BCUT2D eigenvalue weighted by molar-refractivity contribution is 0.245. The Balaban J connectivity index is 1.47. The predicted molar refractivity (Wildman–Crippen MR) is 94.6 cm³/mol. The Hall–Kier alpha value is -2.34. The fourth-order valence-electron chi connectivity index (χ4n) is 3.09. The number of hydrogen-bond acceptors (Lipinski definition) is 4. The summed E-state index contributed by atoms with van der Waals surface area (Å²) in [7, 11) is 1.79. The van der Waals surface area contributed by atoms with Gasteiger partial charge >= 0.3 is 0 Å². The van der Waals surface area contributed by atoms with E-state index >= 15 is 0 Å². The maximum absolute atomic E-state index is 4.84. The lowest BCUT2D eigenvalue weighted by atomic mass is 10.2. The number of nitrogens with one attached hydrogen (secondary N) is 2. The summed E-state index contributed by atoms with van der Waals surface area (Å²) in [5.74, 6) is 0.796. The molecule has 0 spiro atoms. The van der Waals surface area contributed by atoms with Crippen LogP contribution in [-0.2, 0) is 13.1 Å². The Bertz CT molecular complexity index is 626. The van der Waals surface area contributed by atoms with E-state index in [0.29, 0.717) is 12.6 Å². The van der Waals surface area contributed by atoms with Gasteiger partial charge in [-0.3, -0.25) is 9.89 Å². The van der Waals surface area contributed by atoms with E-state index < -0.39 is 0 Å². The first-order chi connectivity index (χ1) is 11.8. The fourth-order valence-corrected chi connectivity index (χ4v) is 3.09. The molecule has 3 rings (SSSR count). The van der Waals surface area contributed by atoms with Crippen LogP contribution in [0.5, 0.6) is 0 Å². The molecule has 1 aromatic heterocycles. The van der Waals surface area contributed by atoms with Gasteiger partial charge in [-0.15, -0.1) is 0 Å². The summed E-state index contributed by atoms with van der Waals surface area (Å²) < 4.78 is 4.84. The quantitative estimate of drug-likeness (QED) is 0.627. The third kappa shape index (κ3) is 4.58. The maximum atomic E-state index is 4.84. The van der Waals surface area contributed by atoms with Crippen LogP contribution in [-0.4, -0.2) is 42.2 Å². The highest BCUT2D eigenvalue weighted by Gasteiger charge is 2.24. The van der Waals surface area contributed by atoms with E-state index in [1.807, 2.05) is 6.07 Å². The summed E-state index contributed by atoms with van der Waals surface area (Å²) in [6.07, 6.45) is 4.05. The van der Waals surface area contributed by atoms with Crippen molar-refractivity contribution >= 4 is 5.96 Å². The SMILES string of the molecule is CN=C(NCc1ccon1)NCC1CCCN1Cc1ccccc1. The van der Waals surface area contributed by atoms with Crippen LogP contribution in [0.25, 0.3) is 0 Å². The van der Waals surface area contributed by atoms with Crippen molar-refractivity contribution in [2.45, 2.75) is 32.0 Å². The lowest BCUT2D eigenvalue weighted by Gasteiger charge is -2.25. The molecule has 1 aliphatic heterocycles. The van der Waals surface area contributed by atoms with Crippen molar-refractivity contribution in [2.24, 2.45) is 4.99 Å². The molecule has 128 valence electrons. The van der Waals surface area contributed by atoms with Gasteiger partial charge < -0.3 is 15.2 Å². The number of nitrogens with zero attached hydrogens (tertiary/aromatic N) is 3. The standard InChI is InChI=1S/C18H25N5O/c1-19-18(20-12-16-9-11-24-22-16)21-13-17-8-5-10-23(17)14-15-6-3-2-4-7-15/h2-4,6-7,9,11,17H,5,8,10,12-14H2,1H3,(H2,19,20,21). The first-order valence-electron chi connectivity index (χ1n) is 8.47. The van der Waals surface area contributed by atoms with E-state index in [0.717, 1.165) is 31.3 Å². The van der Waals surface area contributed by atoms with Gasteiger partial charge in [0.25, 0.3) is 0 Å². The van der Waals surface area contributed by atoms with E-state index in [4.69, 9.17) is 4.52 Å². The highest BCUT2D eigenvalue weighted by atomic mass is 16.5. The van der Waals surface area contributed by atoms with E-state index in [2.05, 4.69) is 56.0 Å². The second-order valence-corrected chi connectivity index (χ2v) is 6.05. The summed E-state index contributed by atoms with van der Waals surface area (Å²) in [5, 5.41) is 10.6. The molecular weight excluding hydrogens is 302 g/mol. The van der Waals surface area contributed by atoms with Crippen molar-refractivity contribution in [3.05, 3.63) is 53.9 Å². The Morgan fingerprint density at radius 3 is 2.92 bits per heavy atom. The minimum atomic E-state index is 0.538. The largest absolute Gasteiger partial charge is 0.364 e. The number of aromatic nitrogens is 1. The van der Waals surface area contributed by atoms with Gasteiger partial charge in [0.2, 0.25) is 0 Å². The van der Waals surface area contributed by atoms with Crippen LogP contribution in [0.3, 0.4) is 0 Å². The summed E-state index contributed by atoms with van der Waals surface area (Å²) >= 11 is 0. The van der Waals surface area contributed by atoms with Crippen molar-refractivity contribution in [2.75, 3.05) is 20.1 Å². The van der Waals surface area contributed by atoms with Crippen LogP contribution in [0.2, 0.25) is 0 Å². The van der Waals surface area contributed by atoms with Crippen molar-refractivity contribution in [3.63, 3.8) is 0 Å². The Labute approximate surface area is 142 Å². The molecule has 0 radical (unpaired) electrons. The van der Waals surface area contributed by atoms with Crippen LogP contribution in [0.4, 0.5) is 0 Å². The van der Waals surface area contributed by atoms with Crippen LogP contribution in [0.1, 0.15) is 24.1 Å². The van der Waals surface area contributed by atoms with Crippen molar-refractivity contribution < 1.29 is 4.52 Å². The average Bonchev–Trinajstić information content (AvgIpc) is 3.28. The molecule has 0 amide bonds.